The second kappa shape index (κ2) is 7.69. The minimum absolute atomic E-state index is 0. The topological polar surface area (TPSA) is 175 Å². The fraction of sp³-hybridized carbons (Fsp3) is 0.500. The Bertz CT molecular complexity index is 1100. The van der Waals surface area contributed by atoms with Crippen molar-refractivity contribution < 1.29 is 39.3 Å². The number of hydrogen-bond donors (Lipinski definition) is 4. The smallest absolute Gasteiger partial charge is 0.235 e. The first kappa shape index (κ1) is 25.0. The lowest BCUT2D eigenvalue weighted by Crippen LogP contribution is -2.75. The van der Waals surface area contributed by atoms with E-state index in [1.807, 2.05) is 0 Å². The number of aliphatic hydroxyl groups is 2. The predicted octanol–water partition coefficient (Wildman–Crippen LogP) is -1.05. The van der Waals surface area contributed by atoms with Gasteiger partial charge >= 0.3 is 0 Å². The number of primary amides is 1. The standard InChI is InChI=1S/C22H24N2O8.ClH/c1-21(31)8-5-4-6-11(25)12(8)16(26)13-9(21)7-10-15(24(2)3)17(27)14(20(23)30)19(29)22(10,32)18(13)28;/h4-6,9-10,13-15,25,31-32H,7H2,1-3H3,(H2,23,30);1H/t9-,10-,13?,14?,15-,21+,22-;/m0./s1. The van der Waals surface area contributed by atoms with E-state index in [2.05, 4.69) is 0 Å². The summed E-state index contributed by atoms with van der Waals surface area (Å²) in [6.45, 7) is 1.39. The molecule has 0 saturated heterocycles. The lowest BCUT2D eigenvalue weighted by molar-refractivity contribution is -0.188. The molecule has 0 aromatic heterocycles. The molecular weight excluding hydrogens is 456 g/mol. The summed E-state index contributed by atoms with van der Waals surface area (Å²) in [4.78, 5) is 66.4. The van der Waals surface area contributed by atoms with Crippen LogP contribution in [0.2, 0.25) is 0 Å². The van der Waals surface area contributed by atoms with E-state index in [0.717, 1.165) is 0 Å². The third-order valence-corrected chi connectivity index (χ3v) is 7.38. The molecule has 7 atom stereocenters. The van der Waals surface area contributed by atoms with E-state index in [0.29, 0.717) is 0 Å². The number of aromatic hydroxyl groups is 1. The van der Waals surface area contributed by atoms with E-state index in [9.17, 15) is 39.3 Å². The summed E-state index contributed by atoms with van der Waals surface area (Å²) in [5, 5.41) is 33.1. The monoisotopic (exact) mass is 480 g/mol. The average molecular weight is 481 g/mol. The Labute approximate surface area is 195 Å². The van der Waals surface area contributed by atoms with Crippen LogP contribution in [-0.4, -0.2) is 75.0 Å². The molecule has 178 valence electrons. The molecule has 0 radical (unpaired) electrons. The fourth-order valence-electron chi connectivity index (χ4n) is 5.88. The molecule has 2 fully saturated rings. The summed E-state index contributed by atoms with van der Waals surface area (Å²) < 4.78 is 0. The van der Waals surface area contributed by atoms with Crippen LogP contribution in [0.4, 0.5) is 0 Å². The Morgan fingerprint density at radius 2 is 1.70 bits per heavy atom. The van der Waals surface area contributed by atoms with Crippen molar-refractivity contribution in [1.82, 2.24) is 4.90 Å². The average Bonchev–Trinajstić information content (AvgIpc) is 2.68. The molecule has 3 aliphatic rings. The molecular formula is C22H25ClN2O8. The first-order valence-corrected chi connectivity index (χ1v) is 10.2. The molecule has 4 rings (SSSR count). The lowest BCUT2D eigenvalue weighted by Gasteiger charge is -2.55. The number of rotatable bonds is 2. The Hall–Kier alpha value is -2.66. The summed E-state index contributed by atoms with van der Waals surface area (Å²) in [6, 6.07) is 2.91. The van der Waals surface area contributed by atoms with Gasteiger partial charge in [-0.2, -0.15) is 0 Å². The first-order valence-electron chi connectivity index (χ1n) is 10.2. The Balaban J connectivity index is 0.00000306. The zero-order valence-corrected chi connectivity index (χ0v) is 19.0. The highest BCUT2D eigenvalue weighted by Crippen LogP contribution is 2.55. The number of nitrogens with two attached hydrogens (primary N) is 1. The number of ketones is 4. The third-order valence-electron chi connectivity index (χ3n) is 7.38. The number of halogens is 1. The van der Waals surface area contributed by atoms with Crippen LogP contribution in [0.3, 0.4) is 0 Å². The van der Waals surface area contributed by atoms with Gasteiger partial charge in [-0.05, 0) is 39.1 Å². The minimum atomic E-state index is -2.82. The predicted molar refractivity (Wildman–Crippen MR) is 114 cm³/mol. The molecule has 0 heterocycles. The van der Waals surface area contributed by atoms with Gasteiger partial charge in [-0.25, -0.2) is 0 Å². The first-order chi connectivity index (χ1) is 14.8. The van der Waals surface area contributed by atoms with E-state index in [-0.39, 0.29) is 30.0 Å². The van der Waals surface area contributed by atoms with E-state index >= 15 is 0 Å². The molecule has 1 aromatic rings. The maximum absolute atomic E-state index is 13.6. The maximum Gasteiger partial charge on any atom is 0.235 e. The highest BCUT2D eigenvalue weighted by Gasteiger charge is 2.71. The van der Waals surface area contributed by atoms with Crippen LogP contribution in [-0.2, 0) is 24.8 Å². The van der Waals surface area contributed by atoms with Crippen molar-refractivity contribution >= 4 is 41.4 Å². The number of carbonyl (C=O) groups is 5. The molecule has 11 heteroatoms. The molecule has 0 spiro atoms. The van der Waals surface area contributed by atoms with Crippen molar-refractivity contribution in [3.05, 3.63) is 29.3 Å². The van der Waals surface area contributed by atoms with Gasteiger partial charge in [-0.1, -0.05) is 12.1 Å². The zero-order chi connectivity index (χ0) is 23.9. The van der Waals surface area contributed by atoms with Crippen molar-refractivity contribution in [2.45, 2.75) is 30.6 Å². The van der Waals surface area contributed by atoms with Crippen LogP contribution in [0, 0.1) is 23.7 Å². The molecule has 33 heavy (non-hydrogen) atoms. The third kappa shape index (κ3) is 3.01. The van der Waals surface area contributed by atoms with Crippen LogP contribution < -0.4 is 5.73 Å². The van der Waals surface area contributed by atoms with E-state index in [4.69, 9.17) is 5.73 Å². The normalized spacial score (nSPS) is 37.7. The molecule has 0 bridgehead atoms. The van der Waals surface area contributed by atoms with Crippen molar-refractivity contribution in [3.63, 3.8) is 0 Å². The molecule has 5 N–H and O–H groups in total. The summed E-state index contributed by atoms with van der Waals surface area (Å²) in [5.41, 5.74) is 0.511. The van der Waals surface area contributed by atoms with Gasteiger partial charge in [0.2, 0.25) is 5.91 Å². The van der Waals surface area contributed by atoms with Gasteiger partial charge < -0.3 is 21.1 Å². The van der Waals surface area contributed by atoms with Crippen LogP contribution in [0.1, 0.15) is 29.3 Å². The maximum atomic E-state index is 13.6. The number of amides is 1. The van der Waals surface area contributed by atoms with Gasteiger partial charge in [-0.15, -0.1) is 12.4 Å². The molecule has 1 amide bonds. The Morgan fingerprint density at radius 1 is 1.09 bits per heavy atom. The Morgan fingerprint density at radius 3 is 2.24 bits per heavy atom. The number of Topliss-reactive ketones (excluding diaryl/α,β-unsaturated/α-hetero) is 4. The number of hydrogen-bond acceptors (Lipinski definition) is 9. The van der Waals surface area contributed by atoms with E-state index in [1.165, 1.54) is 44.1 Å². The SMILES string of the molecule is CN(C)[C@@H]1C(=O)C(C(N)=O)C(=O)[C@@]2(O)C(=O)C3C(=O)c4c(O)cccc4[C@@](C)(O)[C@H]3C[C@@H]12.Cl. The van der Waals surface area contributed by atoms with Crippen LogP contribution >= 0.6 is 12.4 Å². The number of nitrogens with zero attached hydrogens (tertiary/aromatic N) is 1. The molecule has 10 nitrogen and oxygen atoms in total. The molecule has 0 aliphatic heterocycles. The Kier molecular flexibility index (Phi) is 5.82. The van der Waals surface area contributed by atoms with Gasteiger partial charge in [-0.3, -0.25) is 28.9 Å². The summed E-state index contributed by atoms with van der Waals surface area (Å²) in [7, 11) is 2.98. The summed E-state index contributed by atoms with van der Waals surface area (Å²) in [6.07, 6.45) is -0.230. The lowest BCUT2D eigenvalue weighted by atomic mass is 9.49. The number of phenols is 1. The highest BCUT2D eigenvalue weighted by atomic mass is 35.5. The zero-order valence-electron chi connectivity index (χ0n) is 18.1. The number of benzene rings is 1. The second-order valence-corrected chi connectivity index (χ2v) is 9.28. The van der Waals surface area contributed by atoms with Gasteiger partial charge in [0.05, 0.1) is 23.1 Å². The summed E-state index contributed by atoms with van der Waals surface area (Å²) >= 11 is 0. The molecule has 2 saturated carbocycles. The van der Waals surface area contributed by atoms with Gasteiger partial charge in [0.15, 0.2) is 34.7 Å². The second-order valence-electron chi connectivity index (χ2n) is 9.28. The quantitative estimate of drug-likeness (QED) is 0.385. The van der Waals surface area contributed by atoms with Crippen LogP contribution in [0.25, 0.3) is 0 Å². The molecule has 3 aliphatic carbocycles. The number of fused-ring (bicyclic) bond motifs is 3. The number of phenolic OH excluding ortho intramolecular Hbond substituents is 1. The van der Waals surface area contributed by atoms with Gasteiger partial charge in [0, 0.05) is 11.8 Å². The van der Waals surface area contributed by atoms with Crippen molar-refractivity contribution in [1.29, 1.82) is 0 Å². The van der Waals surface area contributed by atoms with Crippen molar-refractivity contribution in [2.24, 2.45) is 29.4 Å². The minimum Gasteiger partial charge on any atom is -0.507 e. The highest BCUT2D eigenvalue weighted by molar-refractivity contribution is 6.32. The summed E-state index contributed by atoms with van der Waals surface area (Å²) in [5.74, 6) is -12.0. The van der Waals surface area contributed by atoms with Crippen LogP contribution in [0.15, 0.2) is 18.2 Å². The molecule has 2 unspecified atom stereocenters. The van der Waals surface area contributed by atoms with Crippen LogP contribution in [0.5, 0.6) is 5.75 Å². The number of carbonyl (C=O) groups excluding carboxylic acids is 5. The van der Waals surface area contributed by atoms with E-state index < -0.39 is 75.7 Å². The van der Waals surface area contributed by atoms with Gasteiger partial charge in [0.25, 0.3) is 0 Å². The van der Waals surface area contributed by atoms with Crippen molar-refractivity contribution in [2.75, 3.05) is 14.1 Å². The van der Waals surface area contributed by atoms with Crippen molar-refractivity contribution in [3.8, 4) is 5.75 Å². The number of likely N-dealkylation sites (N-methyl/N-ethyl adjacent to an activating group) is 1. The van der Waals surface area contributed by atoms with Gasteiger partial charge in [0.1, 0.15) is 5.75 Å². The molecule has 1 aromatic carbocycles. The van der Waals surface area contributed by atoms with E-state index in [1.54, 1.807) is 0 Å². The largest absolute Gasteiger partial charge is 0.507 e. The fourth-order valence-corrected chi connectivity index (χ4v) is 5.88.